The maximum Gasteiger partial charge on any atom is 0.223 e. The van der Waals surface area contributed by atoms with E-state index in [0.717, 1.165) is 32.2 Å². The minimum absolute atomic E-state index is 0.308. The molecule has 1 aliphatic heterocycles. The first-order valence-corrected chi connectivity index (χ1v) is 7.40. The molecule has 0 spiro atoms. The smallest absolute Gasteiger partial charge is 0.223 e. The van der Waals surface area contributed by atoms with Crippen molar-refractivity contribution < 1.29 is 4.79 Å². The predicted octanol–water partition coefficient (Wildman–Crippen LogP) is 1.20. The summed E-state index contributed by atoms with van der Waals surface area (Å²) in [4.78, 5) is 16.5. The second kappa shape index (κ2) is 6.53. The lowest BCUT2D eigenvalue weighted by molar-refractivity contribution is -0.132. The molecule has 1 amide bonds. The van der Waals surface area contributed by atoms with Crippen molar-refractivity contribution in [3.8, 4) is 0 Å². The Kier molecular flexibility index (Phi) is 5.01. The van der Waals surface area contributed by atoms with Gasteiger partial charge in [0.05, 0.1) is 0 Å². The van der Waals surface area contributed by atoms with Gasteiger partial charge in [0.15, 0.2) is 0 Å². The van der Waals surface area contributed by atoms with Crippen LogP contribution in [0.5, 0.6) is 0 Å². The van der Waals surface area contributed by atoms with E-state index in [2.05, 4.69) is 4.90 Å². The number of amides is 1. The molecule has 2 aliphatic rings. The van der Waals surface area contributed by atoms with E-state index in [0.29, 0.717) is 24.4 Å². The summed E-state index contributed by atoms with van der Waals surface area (Å²) in [6, 6.07) is 0.783. The van der Waals surface area contributed by atoms with Crippen LogP contribution in [0.4, 0.5) is 0 Å². The molecule has 0 unspecified atom stereocenters. The van der Waals surface area contributed by atoms with Crippen LogP contribution >= 0.6 is 0 Å². The monoisotopic (exact) mass is 253 g/mol. The van der Waals surface area contributed by atoms with E-state index in [9.17, 15) is 4.79 Å². The number of likely N-dealkylation sites (tertiary alicyclic amines) is 1. The third-order valence-electron chi connectivity index (χ3n) is 4.52. The molecule has 0 radical (unpaired) electrons. The fourth-order valence-electron chi connectivity index (χ4n) is 3.13. The van der Waals surface area contributed by atoms with Crippen molar-refractivity contribution in [3.05, 3.63) is 0 Å². The number of nitrogens with zero attached hydrogens (tertiary/aromatic N) is 2. The van der Waals surface area contributed by atoms with Gasteiger partial charge in [-0.2, -0.15) is 0 Å². The molecule has 4 heteroatoms. The van der Waals surface area contributed by atoms with Crippen LogP contribution in [-0.4, -0.2) is 54.5 Å². The van der Waals surface area contributed by atoms with Crippen LogP contribution in [0.3, 0.4) is 0 Å². The summed E-state index contributed by atoms with van der Waals surface area (Å²) >= 11 is 0. The summed E-state index contributed by atoms with van der Waals surface area (Å²) in [5, 5.41) is 0. The van der Waals surface area contributed by atoms with Crippen LogP contribution in [-0.2, 0) is 4.79 Å². The van der Waals surface area contributed by atoms with Crippen LogP contribution in [0.1, 0.15) is 44.9 Å². The van der Waals surface area contributed by atoms with Crippen LogP contribution in [0.15, 0.2) is 0 Å². The van der Waals surface area contributed by atoms with E-state index in [1.807, 2.05) is 11.9 Å². The van der Waals surface area contributed by atoms with E-state index < -0.39 is 0 Å². The molecule has 0 bridgehead atoms. The Morgan fingerprint density at radius 3 is 2.44 bits per heavy atom. The van der Waals surface area contributed by atoms with E-state index in [4.69, 9.17) is 5.73 Å². The quantitative estimate of drug-likeness (QED) is 0.819. The highest BCUT2D eigenvalue weighted by Crippen LogP contribution is 2.21. The van der Waals surface area contributed by atoms with E-state index in [1.54, 1.807) is 0 Å². The molecular weight excluding hydrogens is 226 g/mol. The molecule has 104 valence electrons. The first-order chi connectivity index (χ1) is 8.66. The minimum Gasteiger partial charge on any atom is -0.343 e. The number of rotatable bonds is 4. The van der Waals surface area contributed by atoms with Gasteiger partial charge in [0, 0.05) is 32.1 Å². The molecule has 1 saturated heterocycles. The molecule has 0 aromatic heterocycles. The topological polar surface area (TPSA) is 49.6 Å². The van der Waals surface area contributed by atoms with Gasteiger partial charge in [0.2, 0.25) is 5.91 Å². The van der Waals surface area contributed by atoms with Crippen LogP contribution < -0.4 is 5.73 Å². The van der Waals surface area contributed by atoms with Gasteiger partial charge >= 0.3 is 0 Å². The Morgan fingerprint density at radius 2 is 1.83 bits per heavy atom. The summed E-state index contributed by atoms with van der Waals surface area (Å²) in [6.07, 6.45) is 7.55. The molecule has 2 rings (SSSR count). The second-order valence-corrected chi connectivity index (χ2v) is 5.87. The average molecular weight is 253 g/mol. The average Bonchev–Trinajstić information content (AvgIpc) is 2.89. The Labute approximate surface area is 110 Å². The molecule has 1 heterocycles. The largest absolute Gasteiger partial charge is 0.343 e. The lowest BCUT2D eigenvalue weighted by Gasteiger charge is -2.33. The maximum absolute atomic E-state index is 12.1. The summed E-state index contributed by atoms with van der Waals surface area (Å²) in [6.45, 7) is 3.29. The van der Waals surface area contributed by atoms with Gasteiger partial charge < -0.3 is 15.5 Å². The zero-order chi connectivity index (χ0) is 13.0. The summed E-state index contributed by atoms with van der Waals surface area (Å²) in [5.41, 5.74) is 5.90. The molecule has 2 N–H and O–H groups in total. The first-order valence-electron chi connectivity index (χ1n) is 7.40. The molecular formula is C14H27N3O. The maximum atomic E-state index is 12.1. The van der Waals surface area contributed by atoms with E-state index in [-0.39, 0.29) is 0 Å². The van der Waals surface area contributed by atoms with Crippen molar-refractivity contribution in [1.82, 2.24) is 9.80 Å². The van der Waals surface area contributed by atoms with Crippen molar-refractivity contribution in [2.45, 2.75) is 57.0 Å². The Balaban J connectivity index is 1.70. The zero-order valence-electron chi connectivity index (χ0n) is 11.6. The highest BCUT2D eigenvalue weighted by Gasteiger charge is 2.25. The Hall–Kier alpha value is -0.610. The molecule has 18 heavy (non-hydrogen) atoms. The summed E-state index contributed by atoms with van der Waals surface area (Å²) in [5.74, 6) is 0.308. The van der Waals surface area contributed by atoms with E-state index in [1.165, 1.54) is 25.9 Å². The standard InChI is InChI=1S/C14H27N3O/c1-16(13-6-4-12(15)5-7-13)14(18)8-11-17-9-2-3-10-17/h12-13H,2-11,15H2,1H3. The number of carbonyl (C=O) groups is 1. The van der Waals surface area contributed by atoms with Crippen LogP contribution in [0.2, 0.25) is 0 Å². The molecule has 1 saturated carbocycles. The van der Waals surface area contributed by atoms with Gasteiger partial charge in [-0.3, -0.25) is 4.79 Å². The Morgan fingerprint density at radius 1 is 1.22 bits per heavy atom. The van der Waals surface area contributed by atoms with Crippen molar-refractivity contribution in [3.63, 3.8) is 0 Å². The summed E-state index contributed by atoms with van der Waals surface area (Å²) in [7, 11) is 1.97. The van der Waals surface area contributed by atoms with Gasteiger partial charge in [-0.25, -0.2) is 0 Å². The molecule has 0 atom stereocenters. The zero-order valence-corrected chi connectivity index (χ0v) is 11.6. The van der Waals surface area contributed by atoms with Gasteiger partial charge in [-0.05, 0) is 51.6 Å². The van der Waals surface area contributed by atoms with Gasteiger partial charge in [0.1, 0.15) is 0 Å². The van der Waals surface area contributed by atoms with Crippen molar-refractivity contribution in [1.29, 1.82) is 0 Å². The number of nitrogens with two attached hydrogens (primary N) is 1. The lowest BCUT2D eigenvalue weighted by Crippen LogP contribution is -2.42. The number of carbonyl (C=O) groups excluding carboxylic acids is 1. The van der Waals surface area contributed by atoms with Gasteiger partial charge in [-0.1, -0.05) is 0 Å². The van der Waals surface area contributed by atoms with Gasteiger partial charge in [-0.15, -0.1) is 0 Å². The minimum atomic E-state index is 0.308. The fourth-order valence-corrected chi connectivity index (χ4v) is 3.13. The van der Waals surface area contributed by atoms with E-state index >= 15 is 0 Å². The normalized spacial score (nSPS) is 29.4. The van der Waals surface area contributed by atoms with Crippen molar-refractivity contribution >= 4 is 5.91 Å². The van der Waals surface area contributed by atoms with Crippen LogP contribution in [0.25, 0.3) is 0 Å². The molecule has 2 fully saturated rings. The lowest BCUT2D eigenvalue weighted by atomic mass is 9.91. The van der Waals surface area contributed by atoms with Gasteiger partial charge in [0.25, 0.3) is 0 Å². The SMILES string of the molecule is CN(C(=O)CCN1CCCC1)C1CCC(N)CC1. The highest BCUT2D eigenvalue weighted by atomic mass is 16.2. The number of hydrogen-bond donors (Lipinski definition) is 1. The second-order valence-electron chi connectivity index (χ2n) is 5.87. The third kappa shape index (κ3) is 3.69. The first kappa shape index (κ1) is 13.8. The highest BCUT2D eigenvalue weighted by molar-refractivity contribution is 5.76. The van der Waals surface area contributed by atoms with Crippen molar-refractivity contribution in [2.75, 3.05) is 26.7 Å². The number of hydrogen-bond acceptors (Lipinski definition) is 3. The molecule has 0 aromatic rings. The van der Waals surface area contributed by atoms with Crippen molar-refractivity contribution in [2.24, 2.45) is 5.73 Å². The predicted molar refractivity (Wildman–Crippen MR) is 73.3 cm³/mol. The fraction of sp³-hybridized carbons (Fsp3) is 0.929. The third-order valence-corrected chi connectivity index (χ3v) is 4.52. The Bertz CT molecular complexity index is 268. The summed E-state index contributed by atoms with van der Waals surface area (Å²) < 4.78 is 0. The molecule has 0 aromatic carbocycles. The molecule has 1 aliphatic carbocycles. The molecule has 4 nitrogen and oxygen atoms in total. The van der Waals surface area contributed by atoms with Crippen LogP contribution in [0, 0.1) is 0 Å².